The Labute approximate surface area is 315 Å². The van der Waals surface area contributed by atoms with E-state index in [9.17, 15) is 37.5 Å². The number of carbonyl (C=O) groups excluding carboxylic acids is 4. The summed E-state index contributed by atoms with van der Waals surface area (Å²) in [5, 5.41) is 20.6. The van der Waals surface area contributed by atoms with Gasteiger partial charge in [0.25, 0.3) is 0 Å². The van der Waals surface area contributed by atoms with E-state index in [4.69, 9.17) is 5.73 Å². The monoisotopic (exact) mass is 763 g/mol. The van der Waals surface area contributed by atoms with Gasteiger partial charge in [0.1, 0.15) is 18.1 Å². The summed E-state index contributed by atoms with van der Waals surface area (Å²) >= 11 is 0. The second kappa shape index (κ2) is 18.6. The lowest BCUT2D eigenvalue weighted by molar-refractivity contribution is -0.142. The van der Waals surface area contributed by atoms with Gasteiger partial charge in [-0.05, 0) is 73.6 Å². The summed E-state index contributed by atoms with van der Waals surface area (Å²) in [5.74, 6) is -2.95. The molecule has 1 fully saturated rings. The molecule has 3 aromatic carbocycles. The third-order valence-corrected chi connectivity index (χ3v) is 11.0. The molecule has 290 valence electrons. The lowest BCUT2D eigenvalue weighted by Crippen LogP contribution is -2.52. The summed E-state index contributed by atoms with van der Waals surface area (Å²) in [5.41, 5.74) is 8.83. The van der Waals surface area contributed by atoms with E-state index < -0.39 is 58.0 Å². The fourth-order valence-corrected chi connectivity index (χ4v) is 7.79. The molecule has 1 heterocycles. The SMILES string of the molecule is Cc1ccccc1NC(=O)Nc1ccc(CC(=O)N(C)[C@@H](CC(C)C)C(=O)NCCC(NC(=O)[C@@H]2C[C@@H](N)CN2S(=O)(=O)c2ccccc2)C(=O)O)cc1. The van der Waals surface area contributed by atoms with Gasteiger partial charge in [-0.25, -0.2) is 18.0 Å². The molecular formula is C38H49N7O8S. The van der Waals surface area contributed by atoms with E-state index in [1.54, 1.807) is 48.5 Å². The number of aliphatic carboxylic acids is 1. The molecule has 15 nitrogen and oxygen atoms in total. The molecule has 16 heteroatoms. The number of nitrogens with zero attached hydrogens (tertiary/aromatic N) is 2. The summed E-state index contributed by atoms with van der Waals surface area (Å²) in [4.78, 5) is 66.0. The third kappa shape index (κ3) is 11.1. The van der Waals surface area contributed by atoms with Crippen molar-refractivity contribution < 1.29 is 37.5 Å². The average molecular weight is 764 g/mol. The predicted molar refractivity (Wildman–Crippen MR) is 204 cm³/mol. The van der Waals surface area contributed by atoms with E-state index in [0.717, 1.165) is 9.87 Å². The van der Waals surface area contributed by atoms with Gasteiger partial charge >= 0.3 is 12.0 Å². The summed E-state index contributed by atoms with van der Waals surface area (Å²) in [7, 11) is -2.55. The van der Waals surface area contributed by atoms with Crippen LogP contribution in [0.5, 0.6) is 0 Å². The first-order chi connectivity index (χ1) is 25.6. The van der Waals surface area contributed by atoms with Crippen molar-refractivity contribution in [1.29, 1.82) is 0 Å². The number of urea groups is 1. The molecule has 54 heavy (non-hydrogen) atoms. The minimum absolute atomic E-state index is 0.00486. The molecule has 0 aromatic heterocycles. The maximum atomic E-state index is 13.4. The first-order valence-electron chi connectivity index (χ1n) is 17.7. The van der Waals surface area contributed by atoms with Gasteiger partial charge in [-0.15, -0.1) is 0 Å². The molecule has 5 amide bonds. The average Bonchev–Trinajstić information content (AvgIpc) is 3.54. The Morgan fingerprint density at radius 1 is 0.944 bits per heavy atom. The Hall–Kier alpha value is -5.32. The number of carboxylic acids is 1. The Morgan fingerprint density at radius 2 is 1.59 bits per heavy atom. The number of rotatable bonds is 16. The van der Waals surface area contributed by atoms with E-state index in [2.05, 4.69) is 21.3 Å². The maximum Gasteiger partial charge on any atom is 0.326 e. The minimum atomic E-state index is -4.08. The van der Waals surface area contributed by atoms with Crippen LogP contribution in [-0.2, 0) is 35.6 Å². The number of nitrogens with two attached hydrogens (primary N) is 1. The molecule has 4 atom stereocenters. The Bertz CT molecular complexity index is 1910. The Morgan fingerprint density at radius 3 is 2.22 bits per heavy atom. The van der Waals surface area contributed by atoms with E-state index in [1.165, 1.54) is 24.1 Å². The van der Waals surface area contributed by atoms with Crippen molar-refractivity contribution in [3.63, 3.8) is 0 Å². The number of para-hydroxylation sites is 1. The number of aryl methyl sites for hydroxylation is 1. The van der Waals surface area contributed by atoms with Crippen molar-refractivity contribution in [3.05, 3.63) is 90.0 Å². The molecule has 1 saturated heterocycles. The van der Waals surface area contributed by atoms with E-state index in [1.807, 2.05) is 39.0 Å². The summed E-state index contributed by atoms with van der Waals surface area (Å²) in [6, 6.07) is 17.2. The highest BCUT2D eigenvalue weighted by atomic mass is 32.2. The van der Waals surface area contributed by atoms with Crippen LogP contribution in [0.4, 0.5) is 16.2 Å². The lowest BCUT2D eigenvalue weighted by Gasteiger charge is -2.29. The van der Waals surface area contributed by atoms with Gasteiger partial charge in [0.2, 0.25) is 27.7 Å². The second-order valence-electron chi connectivity index (χ2n) is 13.8. The number of benzene rings is 3. The van der Waals surface area contributed by atoms with Crippen LogP contribution in [0, 0.1) is 12.8 Å². The standard InChI is InChI=1S/C38H49N7O8S/c1-24(2)20-32(44(4)34(46)21-26-14-16-28(17-15-26)41-38(51)43-30-13-9-8-10-25(30)3)35(47)40-19-18-31(37(49)50)42-36(48)33-22-27(39)23-45(33)54(52,53)29-11-6-5-7-12-29/h5-17,24,27,31-33H,18-23,39H2,1-4H3,(H,40,47)(H,42,48)(H,49,50)(H2,41,43,51)/t27-,31?,32+,33+/m1/s1. The second-order valence-corrected chi connectivity index (χ2v) is 15.7. The van der Waals surface area contributed by atoms with Crippen molar-refractivity contribution >= 4 is 51.1 Å². The summed E-state index contributed by atoms with van der Waals surface area (Å²) in [6.07, 6.45) is 0.125. The van der Waals surface area contributed by atoms with Gasteiger partial charge in [0.15, 0.2) is 0 Å². The number of hydrogen-bond acceptors (Lipinski definition) is 8. The largest absolute Gasteiger partial charge is 0.480 e. The van der Waals surface area contributed by atoms with E-state index >= 15 is 0 Å². The zero-order chi connectivity index (χ0) is 39.6. The fourth-order valence-electron chi connectivity index (χ4n) is 6.12. The van der Waals surface area contributed by atoms with Crippen molar-refractivity contribution in [3.8, 4) is 0 Å². The molecule has 0 aliphatic carbocycles. The van der Waals surface area contributed by atoms with Crippen LogP contribution < -0.4 is 27.0 Å². The van der Waals surface area contributed by atoms with Gasteiger partial charge in [-0.2, -0.15) is 4.31 Å². The number of carbonyl (C=O) groups is 5. The van der Waals surface area contributed by atoms with Crippen LogP contribution in [-0.4, -0.2) is 96.8 Å². The molecule has 4 rings (SSSR count). The topological polar surface area (TPSA) is 220 Å². The van der Waals surface area contributed by atoms with Crippen LogP contribution in [0.2, 0.25) is 0 Å². The molecular weight excluding hydrogens is 715 g/mol. The molecule has 7 N–H and O–H groups in total. The number of anilines is 2. The first kappa shape index (κ1) is 41.4. The van der Waals surface area contributed by atoms with Gasteiger partial charge < -0.3 is 37.0 Å². The highest BCUT2D eigenvalue weighted by Crippen LogP contribution is 2.26. The predicted octanol–water partition coefficient (Wildman–Crippen LogP) is 2.92. The zero-order valence-electron chi connectivity index (χ0n) is 30.8. The smallest absolute Gasteiger partial charge is 0.326 e. The Kier molecular flexibility index (Phi) is 14.3. The summed E-state index contributed by atoms with van der Waals surface area (Å²) < 4.78 is 27.6. The normalized spacial score (nSPS) is 16.9. The van der Waals surface area contributed by atoms with E-state index in [0.29, 0.717) is 23.4 Å². The zero-order valence-corrected chi connectivity index (χ0v) is 31.6. The molecule has 3 aromatic rings. The van der Waals surface area contributed by atoms with E-state index in [-0.39, 0.29) is 49.1 Å². The molecule has 1 aliphatic rings. The van der Waals surface area contributed by atoms with Crippen LogP contribution in [0.15, 0.2) is 83.8 Å². The molecule has 0 spiro atoms. The quantitative estimate of drug-likeness (QED) is 0.126. The maximum absolute atomic E-state index is 13.4. The first-order valence-corrected chi connectivity index (χ1v) is 19.1. The van der Waals surface area contributed by atoms with Gasteiger partial charge in [0, 0.05) is 37.6 Å². The van der Waals surface area contributed by atoms with Crippen LogP contribution in [0.3, 0.4) is 0 Å². The molecule has 0 saturated carbocycles. The van der Waals surface area contributed by atoms with Crippen LogP contribution in [0.25, 0.3) is 0 Å². The fraction of sp³-hybridized carbons (Fsp3) is 0.395. The van der Waals surface area contributed by atoms with Crippen LogP contribution >= 0.6 is 0 Å². The van der Waals surface area contributed by atoms with Crippen LogP contribution in [0.1, 0.15) is 44.2 Å². The number of hydrogen-bond donors (Lipinski definition) is 6. The molecule has 0 bridgehead atoms. The number of nitrogens with one attached hydrogen (secondary N) is 4. The van der Waals surface area contributed by atoms with Crippen molar-refractivity contribution in [2.45, 2.75) is 75.5 Å². The number of sulfonamides is 1. The molecule has 0 radical (unpaired) electrons. The Balaban J connectivity index is 1.32. The van der Waals surface area contributed by atoms with Crippen molar-refractivity contribution in [2.24, 2.45) is 11.7 Å². The number of likely N-dealkylation sites (N-methyl/N-ethyl adjacent to an activating group) is 1. The van der Waals surface area contributed by atoms with Crippen molar-refractivity contribution in [2.75, 3.05) is 30.8 Å². The highest BCUT2D eigenvalue weighted by Gasteiger charge is 2.43. The number of amides is 5. The molecule has 1 aliphatic heterocycles. The lowest BCUT2D eigenvalue weighted by atomic mass is 10.0. The minimum Gasteiger partial charge on any atom is -0.480 e. The summed E-state index contributed by atoms with van der Waals surface area (Å²) in [6.45, 7) is 5.45. The number of carboxylic acid groups (broad SMARTS) is 1. The van der Waals surface area contributed by atoms with Crippen molar-refractivity contribution in [1.82, 2.24) is 19.8 Å². The molecule has 1 unspecified atom stereocenters. The van der Waals surface area contributed by atoms with Gasteiger partial charge in [0.05, 0.1) is 11.3 Å². The highest BCUT2D eigenvalue weighted by molar-refractivity contribution is 7.89. The third-order valence-electron chi connectivity index (χ3n) is 9.11. The van der Waals surface area contributed by atoms with Gasteiger partial charge in [-0.3, -0.25) is 14.4 Å². The van der Waals surface area contributed by atoms with Gasteiger partial charge in [-0.1, -0.05) is 62.4 Å².